The molecule has 1 N–H and O–H groups in total. The van der Waals surface area contributed by atoms with Gasteiger partial charge in [0.1, 0.15) is 23.0 Å². The van der Waals surface area contributed by atoms with E-state index in [0.717, 1.165) is 41.1 Å². The Labute approximate surface area is 141 Å². The summed E-state index contributed by atoms with van der Waals surface area (Å²) in [5.74, 6) is 0.836. The van der Waals surface area contributed by atoms with Gasteiger partial charge in [-0.1, -0.05) is 0 Å². The van der Waals surface area contributed by atoms with Crippen molar-refractivity contribution < 1.29 is 4.79 Å². The lowest BCUT2D eigenvalue weighted by Crippen LogP contribution is -2.40. The number of fused-ring (bicyclic) bond motifs is 1. The number of thiophene rings is 1. The van der Waals surface area contributed by atoms with Gasteiger partial charge in [0.15, 0.2) is 5.13 Å². The molecule has 1 atom stereocenters. The summed E-state index contributed by atoms with van der Waals surface area (Å²) in [6.45, 7) is 2.75. The lowest BCUT2D eigenvalue weighted by atomic mass is 10.2. The maximum absolute atomic E-state index is 12.7. The van der Waals surface area contributed by atoms with E-state index in [1.165, 1.54) is 11.3 Å². The van der Waals surface area contributed by atoms with Crippen molar-refractivity contribution in [3.63, 3.8) is 0 Å². The van der Waals surface area contributed by atoms with E-state index < -0.39 is 0 Å². The minimum atomic E-state index is -0.211. The number of hydrogen-bond acceptors (Lipinski definition) is 7. The molecular formula is C15H15N5OS2. The van der Waals surface area contributed by atoms with Gasteiger partial charge in [-0.25, -0.2) is 15.0 Å². The van der Waals surface area contributed by atoms with E-state index in [0.29, 0.717) is 5.13 Å². The zero-order valence-electron chi connectivity index (χ0n) is 12.5. The quantitative estimate of drug-likeness (QED) is 0.790. The van der Waals surface area contributed by atoms with E-state index in [1.54, 1.807) is 17.7 Å². The minimum Gasteiger partial charge on any atom is -0.344 e. The molecule has 8 heteroatoms. The van der Waals surface area contributed by atoms with E-state index in [-0.39, 0.29) is 11.9 Å². The van der Waals surface area contributed by atoms with Gasteiger partial charge in [0, 0.05) is 11.9 Å². The fourth-order valence-corrected chi connectivity index (χ4v) is 4.32. The molecule has 0 aliphatic carbocycles. The highest BCUT2D eigenvalue weighted by Gasteiger charge is 2.33. The van der Waals surface area contributed by atoms with Crippen LogP contribution in [0.15, 0.2) is 23.2 Å². The Bertz CT molecular complexity index is 858. The summed E-state index contributed by atoms with van der Waals surface area (Å²) in [5, 5.41) is 8.54. The van der Waals surface area contributed by atoms with Gasteiger partial charge in [0.2, 0.25) is 5.91 Å². The monoisotopic (exact) mass is 345 g/mol. The third-order valence-corrected chi connectivity index (χ3v) is 5.61. The zero-order valence-corrected chi connectivity index (χ0v) is 14.2. The Kier molecular flexibility index (Phi) is 3.70. The van der Waals surface area contributed by atoms with Crippen molar-refractivity contribution in [1.29, 1.82) is 0 Å². The van der Waals surface area contributed by atoms with Crippen LogP contribution in [-0.2, 0) is 4.79 Å². The van der Waals surface area contributed by atoms with Crippen molar-refractivity contribution in [1.82, 2.24) is 15.0 Å². The number of anilines is 2. The molecule has 0 spiro atoms. The molecule has 6 nitrogen and oxygen atoms in total. The Morgan fingerprint density at radius 3 is 3.13 bits per heavy atom. The lowest BCUT2D eigenvalue weighted by Gasteiger charge is -2.24. The van der Waals surface area contributed by atoms with Crippen LogP contribution in [0.3, 0.4) is 0 Å². The molecular weight excluding hydrogens is 330 g/mol. The number of hydrogen-bond donors (Lipinski definition) is 1. The zero-order chi connectivity index (χ0) is 15.8. The van der Waals surface area contributed by atoms with Crippen LogP contribution in [0.25, 0.3) is 10.2 Å². The molecule has 4 heterocycles. The molecule has 0 radical (unpaired) electrons. The van der Waals surface area contributed by atoms with Gasteiger partial charge in [-0.3, -0.25) is 4.79 Å². The van der Waals surface area contributed by atoms with E-state index in [2.05, 4.69) is 25.2 Å². The summed E-state index contributed by atoms with van der Waals surface area (Å²) in [6, 6.07) is 1.81. The van der Waals surface area contributed by atoms with E-state index in [1.807, 2.05) is 23.8 Å². The van der Waals surface area contributed by atoms with Crippen molar-refractivity contribution in [2.45, 2.75) is 25.8 Å². The molecule has 1 fully saturated rings. The second-order valence-electron chi connectivity index (χ2n) is 5.47. The van der Waals surface area contributed by atoms with Crippen LogP contribution in [0.1, 0.15) is 18.5 Å². The summed E-state index contributed by atoms with van der Waals surface area (Å²) >= 11 is 3.04. The number of nitrogens with zero attached hydrogens (tertiary/aromatic N) is 4. The third kappa shape index (κ3) is 2.68. The van der Waals surface area contributed by atoms with Crippen molar-refractivity contribution in [3.05, 3.63) is 28.8 Å². The van der Waals surface area contributed by atoms with Gasteiger partial charge < -0.3 is 10.2 Å². The summed E-state index contributed by atoms with van der Waals surface area (Å²) in [6.07, 6.45) is 3.38. The van der Waals surface area contributed by atoms with Crippen LogP contribution in [0, 0.1) is 6.92 Å². The SMILES string of the molecule is Cc1csc(NC(=O)C2CCCN2c2ncnc3sccc23)n1. The van der Waals surface area contributed by atoms with Gasteiger partial charge in [-0.15, -0.1) is 22.7 Å². The maximum atomic E-state index is 12.7. The molecule has 1 amide bonds. The first-order valence-corrected chi connectivity index (χ1v) is 9.16. The summed E-state index contributed by atoms with van der Waals surface area (Å²) in [5.41, 5.74) is 0.921. The predicted octanol–water partition coefficient (Wildman–Crippen LogP) is 3.06. The molecule has 0 bridgehead atoms. The second-order valence-corrected chi connectivity index (χ2v) is 7.22. The number of rotatable bonds is 3. The number of aryl methyl sites for hydroxylation is 1. The molecule has 3 aromatic heterocycles. The van der Waals surface area contributed by atoms with Gasteiger partial charge in [-0.2, -0.15) is 0 Å². The van der Waals surface area contributed by atoms with E-state index in [4.69, 9.17) is 0 Å². The highest BCUT2D eigenvalue weighted by Crippen LogP contribution is 2.32. The van der Waals surface area contributed by atoms with E-state index >= 15 is 0 Å². The first kappa shape index (κ1) is 14.5. The summed E-state index contributed by atoms with van der Waals surface area (Å²) in [7, 11) is 0. The Morgan fingerprint density at radius 1 is 1.39 bits per heavy atom. The van der Waals surface area contributed by atoms with Gasteiger partial charge in [-0.05, 0) is 31.2 Å². The van der Waals surface area contributed by atoms with Gasteiger partial charge >= 0.3 is 0 Å². The van der Waals surface area contributed by atoms with Gasteiger partial charge in [0.05, 0.1) is 11.1 Å². The maximum Gasteiger partial charge on any atom is 0.248 e. The number of thiazole rings is 1. The molecule has 0 aromatic carbocycles. The highest BCUT2D eigenvalue weighted by molar-refractivity contribution is 7.16. The van der Waals surface area contributed by atoms with Crippen LogP contribution in [0.4, 0.5) is 10.9 Å². The van der Waals surface area contributed by atoms with Crippen LogP contribution < -0.4 is 10.2 Å². The van der Waals surface area contributed by atoms with Crippen LogP contribution >= 0.6 is 22.7 Å². The molecule has 118 valence electrons. The molecule has 1 saturated heterocycles. The fraction of sp³-hybridized carbons (Fsp3) is 0.333. The lowest BCUT2D eigenvalue weighted by molar-refractivity contribution is -0.117. The van der Waals surface area contributed by atoms with Crippen LogP contribution in [-0.4, -0.2) is 33.4 Å². The van der Waals surface area contributed by atoms with Gasteiger partial charge in [0.25, 0.3) is 0 Å². The summed E-state index contributed by atoms with van der Waals surface area (Å²) in [4.78, 5) is 28.7. The Hall–Kier alpha value is -2.06. The molecule has 4 rings (SSSR count). The molecule has 0 saturated carbocycles. The predicted molar refractivity (Wildman–Crippen MR) is 93.3 cm³/mol. The smallest absolute Gasteiger partial charge is 0.248 e. The van der Waals surface area contributed by atoms with Crippen molar-refractivity contribution >= 4 is 49.7 Å². The molecule has 1 aliphatic rings. The van der Waals surface area contributed by atoms with Crippen LogP contribution in [0.5, 0.6) is 0 Å². The Morgan fingerprint density at radius 2 is 2.30 bits per heavy atom. The van der Waals surface area contributed by atoms with Crippen molar-refractivity contribution in [2.75, 3.05) is 16.8 Å². The highest BCUT2D eigenvalue weighted by atomic mass is 32.1. The largest absolute Gasteiger partial charge is 0.344 e. The average Bonchev–Trinajstić information content (AvgIpc) is 3.26. The minimum absolute atomic E-state index is 0.0150. The first-order valence-electron chi connectivity index (χ1n) is 7.40. The topological polar surface area (TPSA) is 71.0 Å². The standard InChI is InChI=1S/C15H15N5OS2/c1-9-7-23-15(18-9)19-13(21)11-3-2-5-20(11)12-10-4-6-22-14(10)17-8-16-12/h4,6-8,11H,2-3,5H2,1H3,(H,18,19,21). The van der Waals surface area contributed by atoms with Crippen molar-refractivity contribution in [3.8, 4) is 0 Å². The molecule has 23 heavy (non-hydrogen) atoms. The average molecular weight is 345 g/mol. The van der Waals surface area contributed by atoms with E-state index in [9.17, 15) is 4.79 Å². The Balaban J connectivity index is 1.61. The molecule has 1 aliphatic heterocycles. The molecule has 3 aromatic rings. The normalized spacial score (nSPS) is 17.8. The number of nitrogens with one attached hydrogen (secondary N) is 1. The number of amides is 1. The third-order valence-electron chi connectivity index (χ3n) is 3.92. The second kappa shape index (κ2) is 5.86. The summed E-state index contributed by atoms with van der Waals surface area (Å²) < 4.78 is 0. The first-order chi connectivity index (χ1) is 11.2. The number of aromatic nitrogens is 3. The molecule has 1 unspecified atom stereocenters. The van der Waals surface area contributed by atoms with Crippen molar-refractivity contribution in [2.24, 2.45) is 0 Å². The fourth-order valence-electron chi connectivity index (χ4n) is 2.90. The van der Waals surface area contributed by atoms with Crippen LogP contribution in [0.2, 0.25) is 0 Å². The number of carbonyl (C=O) groups is 1. The number of carbonyl (C=O) groups excluding carboxylic acids is 1.